The van der Waals surface area contributed by atoms with Crippen LogP contribution in [0.5, 0.6) is 0 Å². The third kappa shape index (κ3) is 5.31. The van der Waals surface area contributed by atoms with Gasteiger partial charge in [-0.15, -0.1) is 0 Å². The van der Waals surface area contributed by atoms with Crippen LogP contribution in [0, 0.1) is 0 Å². The van der Waals surface area contributed by atoms with Crippen molar-refractivity contribution in [3.63, 3.8) is 0 Å². The Bertz CT molecular complexity index is 346. The van der Waals surface area contributed by atoms with Gasteiger partial charge in [-0.3, -0.25) is 4.90 Å². The maximum absolute atomic E-state index is 5.89. The minimum Gasteiger partial charge on any atom is -0.329 e. The molecule has 1 rings (SSSR count). The van der Waals surface area contributed by atoms with E-state index < -0.39 is 0 Å². The Kier molecular flexibility index (Phi) is 7.98. The van der Waals surface area contributed by atoms with Crippen LogP contribution in [0.15, 0.2) is 28.7 Å². The number of nitrogens with two attached hydrogens (primary N) is 1. The van der Waals surface area contributed by atoms with Gasteiger partial charge in [0.15, 0.2) is 0 Å². The van der Waals surface area contributed by atoms with E-state index in [4.69, 9.17) is 5.73 Å². The van der Waals surface area contributed by atoms with E-state index in [1.165, 1.54) is 28.6 Å². The standard InChI is InChI=1S/C14H23BrN2S/c1-17(13(10-16)7-5-9-18-2)11-12-6-3-4-8-14(12)15/h3-4,6,8,13H,5,7,9-11,16H2,1-2H3. The van der Waals surface area contributed by atoms with Crippen molar-refractivity contribution in [1.29, 1.82) is 0 Å². The van der Waals surface area contributed by atoms with E-state index in [-0.39, 0.29) is 0 Å². The molecule has 1 atom stereocenters. The van der Waals surface area contributed by atoms with Gasteiger partial charge >= 0.3 is 0 Å². The Hall–Kier alpha value is -0.0300. The molecule has 0 amide bonds. The summed E-state index contributed by atoms with van der Waals surface area (Å²) in [6.07, 6.45) is 4.57. The van der Waals surface area contributed by atoms with E-state index in [9.17, 15) is 0 Å². The van der Waals surface area contributed by atoms with Crippen molar-refractivity contribution < 1.29 is 0 Å². The second kappa shape index (κ2) is 8.97. The summed E-state index contributed by atoms with van der Waals surface area (Å²) < 4.78 is 1.18. The van der Waals surface area contributed by atoms with Crippen molar-refractivity contribution in [2.45, 2.75) is 25.4 Å². The van der Waals surface area contributed by atoms with Gasteiger partial charge in [0.25, 0.3) is 0 Å². The summed E-state index contributed by atoms with van der Waals surface area (Å²) >= 11 is 5.50. The Balaban J connectivity index is 2.51. The predicted molar refractivity (Wildman–Crippen MR) is 86.1 cm³/mol. The fraction of sp³-hybridized carbons (Fsp3) is 0.571. The Morgan fingerprint density at radius 2 is 2.11 bits per heavy atom. The van der Waals surface area contributed by atoms with E-state index in [2.05, 4.69) is 52.3 Å². The second-order valence-electron chi connectivity index (χ2n) is 4.53. The highest BCUT2D eigenvalue weighted by Crippen LogP contribution is 2.19. The first-order chi connectivity index (χ1) is 8.69. The maximum atomic E-state index is 5.89. The lowest BCUT2D eigenvalue weighted by molar-refractivity contribution is 0.226. The molecule has 1 aromatic rings. The number of hydrogen-bond acceptors (Lipinski definition) is 3. The zero-order valence-corrected chi connectivity index (χ0v) is 13.6. The average molecular weight is 331 g/mol. The summed E-state index contributed by atoms with van der Waals surface area (Å²) in [6, 6.07) is 8.86. The molecule has 0 heterocycles. The largest absolute Gasteiger partial charge is 0.329 e. The number of hydrogen-bond donors (Lipinski definition) is 1. The number of likely N-dealkylation sites (N-methyl/N-ethyl adjacent to an activating group) is 1. The SMILES string of the molecule is CSCCCC(CN)N(C)Cc1ccccc1Br. The molecule has 1 aromatic carbocycles. The molecule has 0 spiro atoms. The molecule has 0 fully saturated rings. The molecule has 0 aromatic heterocycles. The number of rotatable bonds is 8. The van der Waals surface area contributed by atoms with Gasteiger partial charge in [0.2, 0.25) is 0 Å². The number of benzene rings is 1. The van der Waals surface area contributed by atoms with Gasteiger partial charge in [-0.05, 0) is 43.5 Å². The molecule has 0 aliphatic rings. The summed E-state index contributed by atoms with van der Waals surface area (Å²) in [5.41, 5.74) is 7.21. The zero-order valence-electron chi connectivity index (χ0n) is 11.2. The number of halogens is 1. The van der Waals surface area contributed by atoms with E-state index in [0.29, 0.717) is 6.04 Å². The van der Waals surface area contributed by atoms with Gasteiger partial charge in [-0.2, -0.15) is 11.8 Å². The lowest BCUT2D eigenvalue weighted by Crippen LogP contribution is -2.37. The minimum atomic E-state index is 0.476. The van der Waals surface area contributed by atoms with Gasteiger partial charge in [0, 0.05) is 23.6 Å². The van der Waals surface area contributed by atoms with E-state index in [1.54, 1.807) is 0 Å². The molecule has 2 nitrogen and oxygen atoms in total. The average Bonchev–Trinajstić information content (AvgIpc) is 2.37. The minimum absolute atomic E-state index is 0.476. The highest BCUT2D eigenvalue weighted by Gasteiger charge is 2.13. The molecule has 0 radical (unpaired) electrons. The molecule has 18 heavy (non-hydrogen) atoms. The van der Waals surface area contributed by atoms with Crippen molar-refractivity contribution >= 4 is 27.7 Å². The molecular formula is C14H23BrN2S. The third-order valence-electron chi connectivity index (χ3n) is 3.16. The normalized spacial score (nSPS) is 12.9. The van der Waals surface area contributed by atoms with Crippen LogP contribution in [0.25, 0.3) is 0 Å². The van der Waals surface area contributed by atoms with Crippen LogP contribution < -0.4 is 5.73 Å². The van der Waals surface area contributed by atoms with E-state index in [1.807, 2.05) is 17.8 Å². The van der Waals surface area contributed by atoms with Crippen molar-refractivity contribution in [3.8, 4) is 0 Å². The van der Waals surface area contributed by atoms with Crippen molar-refractivity contribution in [1.82, 2.24) is 4.90 Å². The molecular weight excluding hydrogens is 308 g/mol. The fourth-order valence-electron chi connectivity index (χ4n) is 2.01. The first kappa shape index (κ1) is 16.0. The van der Waals surface area contributed by atoms with Crippen LogP contribution in [0.2, 0.25) is 0 Å². The van der Waals surface area contributed by atoms with Crippen LogP contribution in [-0.2, 0) is 6.54 Å². The molecule has 0 saturated carbocycles. The first-order valence-corrected chi connectivity index (χ1v) is 8.50. The first-order valence-electron chi connectivity index (χ1n) is 6.31. The Labute approximate surface area is 123 Å². The summed E-state index contributed by atoms with van der Waals surface area (Å²) in [5, 5.41) is 0. The number of thioether (sulfide) groups is 1. The highest BCUT2D eigenvalue weighted by atomic mass is 79.9. The lowest BCUT2D eigenvalue weighted by Gasteiger charge is -2.27. The van der Waals surface area contributed by atoms with Crippen molar-refractivity contribution in [2.75, 3.05) is 25.6 Å². The monoisotopic (exact) mass is 330 g/mol. The van der Waals surface area contributed by atoms with Crippen molar-refractivity contribution in [2.24, 2.45) is 5.73 Å². The zero-order chi connectivity index (χ0) is 13.4. The van der Waals surface area contributed by atoms with Crippen LogP contribution >= 0.6 is 27.7 Å². The summed E-state index contributed by atoms with van der Waals surface area (Å²) in [7, 11) is 2.16. The second-order valence-corrected chi connectivity index (χ2v) is 6.37. The number of nitrogens with zero attached hydrogens (tertiary/aromatic N) is 1. The van der Waals surface area contributed by atoms with Crippen LogP contribution in [0.1, 0.15) is 18.4 Å². The van der Waals surface area contributed by atoms with Gasteiger partial charge in [0.05, 0.1) is 0 Å². The quantitative estimate of drug-likeness (QED) is 0.741. The van der Waals surface area contributed by atoms with E-state index in [0.717, 1.165) is 13.1 Å². The molecule has 1 unspecified atom stereocenters. The molecule has 0 bridgehead atoms. The summed E-state index contributed by atoms with van der Waals surface area (Å²) in [4.78, 5) is 2.36. The summed E-state index contributed by atoms with van der Waals surface area (Å²) in [6.45, 7) is 1.68. The maximum Gasteiger partial charge on any atom is 0.0245 e. The fourth-order valence-corrected chi connectivity index (χ4v) is 2.87. The molecule has 0 aliphatic heterocycles. The van der Waals surface area contributed by atoms with Gasteiger partial charge in [-0.25, -0.2) is 0 Å². The Morgan fingerprint density at radius 1 is 1.39 bits per heavy atom. The molecule has 0 saturated heterocycles. The highest BCUT2D eigenvalue weighted by molar-refractivity contribution is 9.10. The van der Waals surface area contributed by atoms with Crippen LogP contribution in [-0.4, -0.2) is 36.5 Å². The summed E-state index contributed by atoms with van der Waals surface area (Å²) in [5.74, 6) is 1.22. The van der Waals surface area contributed by atoms with Gasteiger partial charge in [-0.1, -0.05) is 34.1 Å². The van der Waals surface area contributed by atoms with Crippen LogP contribution in [0.3, 0.4) is 0 Å². The lowest BCUT2D eigenvalue weighted by atomic mass is 10.1. The van der Waals surface area contributed by atoms with Gasteiger partial charge in [0.1, 0.15) is 0 Å². The molecule has 2 N–H and O–H groups in total. The molecule has 0 aliphatic carbocycles. The Morgan fingerprint density at radius 3 is 2.72 bits per heavy atom. The smallest absolute Gasteiger partial charge is 0.0245 e. The van der Waals surface area contributed by atoms with E-state index >= 15 is 0 Å². The molecule has 4 heteroatoms. The van der Waals surface area contributed by atoms with Crippen LogP contribution in [0.4, 0.5) is 0 Å². The van der Waals surface area contributed by atoms with Gasteiger partial charge < -0.3 is 5.73 Å². The van der Waals surface area contributed by atoms with Crippen molar-refractivity contribution in [3.05, 3.63) is 34.3 Å². The third-order valence-corrected chi connectivity index (χ3v) is 4.63. The topological polar surface area (TPSA) is 29.3 Å². The molecule has 102 valence electrons. The predicted octanol–water partition coefficient (Wildman–Crippen LogP) is 3.35.